The van der Waals surface area contributed by atoms with E-state index >= 15 is 0 Å². The average molecular weight is 487 g/mol. The number of phosphoric acid groups is 1. The van der Waals surface area contributed by atoms with Gasteiger partial charge >= 0.3 is 7.82 Å². The Morgan fingerprint density at radius 3 is 1.56 bits per heavy atom. The summed E-state index contributed by atoms with van der Waals surface area (Å²) in [6, 6.07) is 8.73. The minimum Gasteiger partial charge on any atom is -0.395 e. The van der Waals surface area contributed by atoms with Crippen LogP contribution in [0.2, 0.25) is 0 Å². The van der Waals surface area contributed by atoms with E-state index in [1.54, 1.807) is 0 Å². The molecule has 0 spiro atoms. The molecule has 2 aromatic carbocycles. The zero-order valence-electron chi connectivity index (χ0n) is 21.9. The summed E-state index contributed by atoms with van der Waals surface area (Å²) in [4.78, 5) is 10.8. The van der Waals surface area contributed by atoms with E-state index in [1.807, 2.05) is 0 Å². The molecule has 4 nitrogen and oxygen atoms in total. The zero-order valence-corrected chi connectivity index (χ0v) is 22.8. The molecule has 1 N–H and O–H groups in total. The summed E-state index contributed by atoms with van der Waals surface area (Å²) >= 11 is 0. The highest BCUT2D eigenvalue weighted by atomic mass is 31.2. The van der Waals surface area contributed by atoms with E-state index in [-0.39, 0.29) is 0 Å². The van der Waals surface area contributed by atoms with Gasteiger partial charge in [0.25, 0.3) is 0 Å². The lowest BCUT2D eigenvalue weighted by Gasteiger charge is -2.27. The standard InChI is InChI=1S/C29H43O4P/c1-7-11-13-22-15-24(20(5)9-3)17-26-19-27-18-25(21(6)10-4)16-23(14-12-8-2)29(27)33-34(30,31)32-28(22)26/h15-18,20-21H,7-14,19H2,1-6H3,(H,30,31). The first-order valence-corrected chi connectivity index (χ1v) is 14.8. The van der Waals surface area contributed by atoms with Crippen LogP contribution in [0.3, 0.4) is 0 Å². The van der Waals surface area contributed by atoms with Crippen LogP contribution in [0.1, 0.15) is 125 Å². The maximum absolute atomic E-state index is 13.2. The van der Waals surface area contributed by atoms with Crippen LogP contribution in [0.5, 0.6) is 11.5 Å². The Morgan fingerprint density at radius 2 is 1.21 bits per heavy atom. The highest BCUT2D eigenvalue weighted by Gasteiger charge is 2.33. The summed E-state index contributed by atoms with van der Waals surface area (Å²) in [6.45, 7) is 13.2. The lowest BCUT2D eigenvalue weighted by atomic mass is 9.87. The molecule has 1 aliphatic rings. The molecule has 2 unspecified atom stereocenters. The molecular formula is C29H43O4P. The first kappa shape index (κ1) is 26.8. The topological polar surface area (TPSA) is 55.8 Å². The molecule has 0 saturated heterocycles. The summed E-state index contributed by atoms with van der Waals surface area (Å²) < 4.78 is 24.9. The van der Waals surface area contributed by atoms with Crippen LogP contribution in [0.25, 0.3) is 0 Å². The van der Waals surface area contributed by atoms with Gasteiger partial charge < -0.3 is 9.05 Å². The second-order valence-corrected chi connectivity index (χ2v) is 11.3. The van der Waals surface area contributed by atoms with E-state index in [9.17, 15) is 9.46 Å². The average Bonchev–Trinajstić information content (AvgIpc) is 2.81. The fourth-order valence-corrected chi connectivity index (χ4v) is 5.63. The van der Waals surface area contributed by atoms with Crippen LogP contribution in [0.4, 0.5) is 0 Å². The van der Waals surface area contributed by atoms with Gasteiger partial charge in [0.2, 0.25) is 0 Å². The molecule has 188 valence electrons. The van der Waals surface area contributed by atoms with Crippen LogP contribution in [-0.4, -0.2) is 4.89 Å². The predicted molar refractivity (Wildman–Crippen MR) is 141 cm³/mol. The maximum Gasteiger partial charge on any atom is 0.584 e. The first-order chi connectivity index (χ1) is 16.2. The van der Waals surface area contributed by atoms with Gasteiger partial charge in [0.05, 0.1) is 0 Å². The van der Waals surface area contributed by atoms with E-state index < -0.39 is 7.82 Å². The van der Waals surface area contributed by atoms with E-state index in [1.165, 1.54) is 11.1 Å². The predicted octanol–water partition coefficient (Wildman–Crippen LogP) is 8.86. The summed E-state index contributed by atoms with van der Waals surface area (Å²) in [5.74, 6) is 1.92. The summed E-state index contributed by atoms with van der Waals surface area (Å²) in [5.41, 5.74) is 6.56. The van der Waals surface area contributed by atoms with Gasteiger partial charge in [-0.3, -0.25) is 4.89 Å². The van der Waals surface area contributed by atoms with E-state index in [0.29, 0.717) is 29.8 Å². The molecule has 0 bridgehead atoms. The number of unbranched alkanes of at least 4 members (excludes halogenated alkanes) is 2. The Hall–Kier alpha value is -1.77. The van der Waals surface area contributed by atoms with Crippen LogP contribution in [0, 0.1) is 0 Å². The monoisotopic (exact) mass is 486 g/mol. The number of aryl methyl sites for hydroxylation is 2. The minimum atomic E-state index is -4.33. The Bertz CT molecular complexity index is 952. The van der Waals surface area contributed by atoms with Gasteiger partial charge in [-0.15, -0.1) is 0 Å². The van der Waals surface area contributed by atoms with Gasteiger partial charge in [-0.25, -0.2) is 4.57 Å². The number of phosphoric ester groups is 1. The lowest BCUT2D eigenvalue weighted by Crippen LogP contribution is -2.13. The summed E-state index contributed by atoms with van der Waals surface area (Å²) in [6.07, 6.45) is 8.50. The molecule has 2 aromatic rings. The Kier molecular flexibility index (Phi) is 9.29. The van der Waals surface area contributed by atoms with Crippen molar-refractivity contribution < 1.29 is 18.5 Å². The molecule has 2 atom stereocenters. The van der Waals surface area contributed by atoms with Crippen molar-refractivity contribution in [3.63, 3.8) is 0 Å². The zero-order chi connectivity index (χ0) is 24.9. The summed E-state index contributed by atoms with van der Waals surface area (Å²) in [7, 11) is -4.33. The van der Waals surface area contributed by atoms with Crippen LogP contribution in [-0.2, 0) is 23.8 Å². The highest BCUT2D eigenvalue weighted by molar-refractivity contribution is 7.48. The number of rotatable bonds is 10. The second-order valence-electron chi connectivity index (χ2n) is 9.99. The van der Waals surface area contributed by atoms with Crippen LogP contribution in [0.15, 0.2) is 24.3 Å². The van der Waals surface area contributed by atoms with Gasteiger partial charge in [0.1, 0.15) is 11.5 Å². The molecule has 0 fully saturated rings. The van der Waals surface area contributed by atoms with Crippen molar-refractivity contribution in [3.05, 3.63) is 57.6 Å². The SMILES string of the molecule is CCCCc1cc(C(C)CC)cc2c1OP(=O)(O)Oc1c(CCCC)cc(C(C)CC)cc1C2. The molecule has 0 amide bonds. The first-order valence-electron chi connectivity index (χ1n) is 13.3. The van der Waals surface area contributed by atoms with Gasteiger partial charge in [-0.05, 0) is 83.7 Å². The van der Waals surface area contributed by atoms with Gasteiger partial charge in [-0.2, -0.15) is 0 Å². The Labute approximate surface area is 206 Å². The van der Waals surface area contributed by atoms with Crippen molar-refractivity contribution in [2.45, 2.75) is 111 Å². The van der Waals surface area contributed by atoms with Crippen molar-refractivity contribution in [1.29, 1.82) is 0 Å². The van der Waals surface area contributed by atoms with E-state index in [4.69, 9.17) is 9.05 Å². The molecule has 0 aromatic heterocycles. The molecule has 1 heterocycles. The van der Waals surface area contributed by atoms with Gasteiger partial charge in [0.15, 0.2) is 0 Å². The molecule has 34 heavy (non-hydrogen) atoms. The second kappa shape index (κ2) is 11.8. The third-order valence-corrected chi connectivity index (χ3v) is 8.11. The van der Waals surface area contributed by atoms with Crippen LogP contribution < -0.4 is 9.05 Å². The number of fused-ring (bicyclic) bond motifs is 2. The molecule has 5 heteroatoms. The van der Waals surface area contributed by atoms with E-state index in [2.05, 4.69) is 65.8 Å². The van der Waals surface area contributed by atoms with Crippen molar-refractivity contribution in [3.8, 4) is 11.5 Å². The van der Waals surface area contributed by atoms with Gasteiger partial charge in [0, 0.05) is 6.42 Å². The van der Waals surface area contributed by atoms with Crippen molar-refractivity contribution in [1.82, 2.24) is 0 Å². The fourth-order valence-electron chi connectivity index (χ4n) is 4.66. The van der Waals surface area contributed by atoms with Crippen molar-refractivity contribution in [2.24, 2.45) is 0 Å². The smallest absolute Gasteiger partial charge is 0.395 e. The number of benzene rings is 2. The van der Waals surface area contributed by atoms with Crippen LogP contribution >= 0.6 is 7.82 Å². The van der Waals surface area contributed by atoms with Crippen molar-refractivity contribution >= 4 is 7.82 Å². The third kappa shape index (κ3) is 6.26. The molecule has 0 aliphatic carbocycles. The Balaban J connectivity index is 2.23. The van der Waals surface area contributed by atoms with E-state index in [0.717, 1.165) is 73.6 Å². The normalized spacial score (nSPS) is 19.1. The number of hydrogen-bond donors (Lipinski definition) is 1. The quantitative estimate of drug-likeness (QED) is 0.341. The minimum absolute atomic E-state index is 0.416. The van der Waals surface area contributed by atoms with Gasteiger partial charge in [-0.1, -0.05) is 78.6 Å². The largest absolute Gasteiger partial charge is 0.584 e. The number of hydrogen-bond acceptors (Lipinski definition) is 3. The molecule has 1 aliphatic heterocycles. The summed E-state index contributed by atoms with van der Waals surface area (Å²) in [5, 5.41) is 0. The lowest BCUT2D eigenvalue weighted by molar-refractivity contribution is 0.284. The Morgan fingerprint density at radius 1 is 0.794 bits per heavy atom. The molecule has 0 saturated carbocycles. The van der Waals surface area contributed by atoms with Crippen molar-refractivity contribution in [2.75, 3.05) is 0 Å². The maximum atomic E-state index is 13.2. The molecule has 3 rings (SSSR count). The third-order valence-electron chi connectivity index (χ3n) is 7.29. The highest BCUT2D eigenvalue weighted by Crippen LogP contribution is 2.52. The fraction of sp³-hybridized carbons (Fsp3) is 0.586. The molecular weight excluding hydrogens is 443 g/mol. The molecule has 0 radical (unpaired) electrons.